The summed E-state index contributed by atoms with van der Waals surface area (Å²) >= 11 is 0. The Balaban J connectivity index is 2.24. The molecule has 1 atom stereocenters. The highest BCUT2D eigenvalue weighted by atomic mass is 16.1. The number of nitrogens with two attached hydrogens (primary N) is 1. The van der Waals surface area contributed by atoms with E-state index in [1.165, 1.54) is 16.8 Å². The van der Waals surface area contributed by atoms with Crippen molar-refractivity contribution in [2.45, 2.75) is 40.0 Å². The summed E-state index contributed by atoms with van der Waals surface area (Å²) in [5.74, 6) is -0.181. The Labute approximate surface area is 115 Å². The first-order valence-electron chi connectivity index (χ1n) is 7.10. The Morgan fingerprint density at radius 1 is 1.47 bits per heavy atom. The first-order chi connectivity index (χ1) is 8.96. The normalized spacial score (nSPS) is 23.4. The molecule has 0 saturated carbocycles. The Hall–Kier alpha value is -1.51. The van der Waals surface area contributed by atoms with Crippen molar-refractivity contribution in [2.24, 2.45) is 11.1 Å². The van der Waals surface area contributed by atoms with Crippen molar-refractivity contribution in [3.63, 3.8) is 0 Å². The lowest BCUT2D eigenvalue weighted by Gasteiger charge is -2.39. The zero-order valence-corrected chi connectivity index (χ0v) is 12.2. The molecule has 1 heterocycles. The highest BCUT2D eigenvalue weighted by Gasteiger charge is 2.36. The topological polar surface area (TPSA) is 46.3 Å². The van der Waals surface area contributed by atoms with Crippen molar-refractivity contribution in [2.75, 3.05) is 18.0 Å². The molecule has 3 nitrogen and oxygen atoms in total. The molecule has 1 aliphatic rings. The third-order valence-corrected chi connectivity index (χ3v) is 4.37. The van der Waals surface area contributed by atoms with Crippen LogP contribution in [-0.2, 0) is 11.2 Å². The van der Waals surface area contributed by atoms with Gasteiger partial charge in [0.15, 0.2) is 0 Å². The van der Waals surface area contributed by atoms with E-state index in [-0.39, 0.29) is 5.91 Å². The average Bonchev–Trinajstić information content (AvgIpc) is 2.39. The van der Waals surface area contributed by atoms with E-state index in [2.05, 4.69) is 36.9 Å². The molecule has 1 fully saturated rings. The lowest BCUT2D eigenvalue weighted by molar-refractivity contribution is -0.127. The minimum absolute atomic E-state index is 0.181. The van der Waals surface area contributed by atoms with Gasteiger partial charge in [-0.25, -0.2) is 0 Å². The van der Waals surface area contributed by atoms with Gasteiger partial charge in [0.05, 0.1) is 5.41 Å². The molecule has 1 amide bonds. The zero-order valence-electron chi connectivity index (χ0n) is 12.2. The summed E-state index contributed by atoms with van der Waals surface area (Å²) in [5.41, 5.74) is 9.09. The summed E-state index contributed by atoms with van der Waals surface area (Å²) in [6.45, 7) is 8.04. The molecule has 0 spiro atoms. The number of amides is 1. The lowest BCUT2D eigenvalue weighted by Crippen LogP contribution is -2.48. The number of carbonyl (C=O) groups excluding carboxylic acids is 1. The van der Waals surface area contributed by atoms with Crippen LogP contribution in [0.1, 0.15) is 37.8 Å². The third kappa shape index (κ3) is 2.75. The minimum Gasteiger partial charge on any atom is -0.370 e. The van der Waals surface area contributed by atoms with Gasteiger partial charge >= 0.3 is 0 Å². The molecule has 1 aliphatic heterocycles. The molecular weight excluding hydrogens is 236 g/mol. The van der Waals surface area contributed by atoms with Gasteiger partial charge in [0.2, 0.25) is 5.91 Å². The molecule has 1 aromatic rings. The molecule has 2 N–H and O–H groups in total. The standard InChI is InChI=1S/C16H24N2O/c1-4-13-10-14(7-6-12(13)2)18-9-5-8-16(3,11-18)15(17)19/h6-7,10H,4-5,8-9,11H2,1-3H3,(H2,17,19)/t16-/m0/s1. The van der Waals surface area contributed by atoms with Crippen LogP contribution in [0.4, 0.5) is 5.69 Å². The summed E-state index contributed by atoms with van der Waals surface area (Å²) in [4.78, 5) is 13.9. The molecule has 3 heteroatoms. The number of primary amides is 1. The molecule has 0 aliphatic carbocycles. The lowest BCUT2D eigenvalue weighted by atomic mass is 9.81. The van der Waals surface area contributed by atoms with Crippen LogP contribution in [0.25, 0.3) is 0 Å². The van der Waals surface area contributed by atoms with E-state index in [9.17, 15) is 4.79 Å². The number of hydrogen-bond acceptors (Lipinski definition) is 2. The Morgan fingerprint density at radius 2 is 2.21 bits per heavy atom. The van der Waals surface area contributed by atoms with Crippen molar-refractivity contribution in [1.29, 1.82) is 0 Å². The van der Waals surface area contributed by atoms with E-state index in [4.69, 9.17) is 5.73 Å². The van der Waals surface area contributed by atoms with Crippen LogP contribution in [0.3, 0.4) is 0 Å². The van der Waals surface area contributed by atoms with E-state index in [1.807, 2.05) is 6.92 Å². The summed E-state index contributed by atoms with van der Waals surface area (Å²) < 4.78 is 0. The maximum atomic E-state index is 11.6. The highest BCUT2D eigenvalue weighted by Crippen LogP contribution is 2.32. The van der Waals surface area contributed by atoms with Crippen LogP contribution in [0.5, 0.6) is 0 Å². The van der Waals surface area contributed by atoms with Crippen LogP contribution in [-0.4, -0.2) is 19.0 Å². The van der Waals surface area contributed by atoms with Gasteiger partial charge in [0.1, 0.15) is 0 Å². The second-order valence-electron chi connectivity index (χ2n) is 5.91. The van der Waals surface area contributed by atoms with Gasteiger partial charge in [-0.15, -0.1) is 0 Å². The molecular formula is C16H24N2O. The Kier molecular flexibility index (Phi) is 3.83. The van der Waals surface area contributed by atoms with Gasteiger partial charge in [0, 0.05) is 18.8 Å². The van der Waals surface area contributed by atoms with Gasteiger partial charge in [-0.1, -0.05) is 13.0 Å². The number of piperidine rings is 1. The van der Waals surface area contributed by atoms with Gasteiger partial charge in [-0.3, -0.25) is 4.79 Å². The van der Waals surface area contributed by atoms with Gasteiger partial charge in [-0.05, 0) is 56.4 Å². The smallest absolute Gasteiger partial charge is 0.225 e. The summed E-state index contributed by atoms with van der Waals surface area (Å²) in [6.07, 6.45) is 2.96. The van der Waals surface area contributed by atoms with E-state index < -0.39 is 5.41 Å². The van der Waals surface area contributed by atoms with Gasteiger partial charge in [-0.2, -0.15) is 0 Å². The maximum absolute atomic E-state index is 11.6. The van der Waals surface area contributed by atoms with Crippen LogP contribution in [0.15, 0.2) is 18.2 Å². The molecule has 1 saturated heterocycles. The Morgan fingerprint density at radius 3 is 2.84 bits per heavy atom. The molecule has 1 aromatic carbocycles. The average molecular weight is 260 g/mol. The predicted octanol–water partition coefficient (Wildman–Crippen LogP) is 2.65. The molecule has 104 valence electrons. The molecule has 0 unspecified atom stereocenters. The molecule has 19 heavy (non-hydrogen) atoms. The number of rotatable bonds is 3. The van der Waals surface area contributed by atoms with Crippen molar-refractivity contribution in [3.05, 3.63) is 29.3 Å². The number of hydrogen-bond donors (Lipinski definition) is 1. The summed E-state index contributed by atoms with van der Waals surface area (Å²) in [7, 11) is 0. The SMILES string of the molecule is CCc1cc(N2CCC[C@](C)(C(N)=O)C2)ccc1C. The zero-order chi connectivity index (χ0) is 14.0. The predicted molar refractivity (Wildman–Crippen MR) is 79.3 cm³/mol. The van der Waals surface area contributed by atoms with E-state index in [1.54, 1.807) is 0 Å². The molecule has 0 aromatic heterocycles. The van der Waals surface area contributed by atoms with E-state index >= 15 is 0 Å². The second-order valence-corrected chi connectivity index (χ2v) is 5.91. The van der Waals surface area contributed by atoms with Crippen LogP contribution in [0, 0.1) is 12.3 Å². The number of aryl methyl sites for hydroxylation is 2. The second kappa shape index (κ2) is 5.24. The van der Waals surface area contributed by atoms with Crippen molar-refractivity contribution >= 4 is 11.6 Å². The molecule has 0 radical (unpaired) electrons. The van der Waals surface area contributed by atoms with E-state index in [0.29, 0.717) is 0 Å². The minimum atomic E-state index is -0.393. The molecule has 2 rings (SSSR count). The quantitative estimate of drug-likeness (QED) is 0.908. The van der Waals surface area contributed by atoms with Crippen LogP contribution < -0.4 is 10.6 Å². The fourth-order valence-corrected chi connectivity index (χ4v) is 2.90. The van der Waals surface area contributed by atoms with Gasteiger partial charge in [0.25, 0.3) is 0 Å². The highest BCUT2D eigenvalue weighted by molar-refractivity contribution is 5.81. The fourth-order valence-electron chi connectivity index (χ4n) is 2.90. The van der Waals surface area contributed by atoms with Crippen molar-refractivity contribution < 1.29 is 4.79 Å². The fraction of sp³-hybridized carbons (Fsp3) is 0.562. The van der Waals surface area contributed by atoms with Crippen molar-refractivity contribution in [1.82, 2.24) is 0 Å². The van der Waals surface area contributed by atoms with Crippen LogP contribution in [0.2, 0.25) is 0 Å². The summed E-state index contributed by atoms with van der Waals surface area (Å²) in [5, 5.41) is 0. The van der Waals surface area contributed by atoms with Gasteiger partial charge < -0.3 is 10.6 Å². The molecule has 0 bridgehead atoms. The number of carbonyl (C=O) groups is 1. The first kappa shape index (κ1) is 13.9. The largest absolute Gasteiger partial charge is 0.370 e. The Bertz CT molecular complexity index is 484. The van der Waals surface area contributed by atoms with E-state index in [0.717, 1.165) is 32.4 Å². The van der Waals surface area contributed by atoms with Crippen LogP contribution >= 0.6 is 0 Å². The summed E-state index contributed by atoms with van der Waals surface area (Å²) in [6, 6.07) is 6.58. The van der Waals surface area contributed by atoms with Crippen molar-refractivity contribution in [3.8, 4) is 0 Å². The first-order valence-corrected chi connectivity index (χ1v) is 7.10. The monoisotopic (exact) mass is 260 g/mol. The maximum Gasteiger partial charge on any atom is 0.225 e. The number of anilines is 1. The third-order valence-electron chi connectivity index (χ3n) is 4.37. The number of nitrogens with zero attached hydrogens (tertiary/aromatic N) is 1. The number of benzene rings is 1.